The van der Waals surface area contributed by atoms with Gasteiger partial charge in [-0.15, -0.1) is 0 Å². The van der Waals surface area contributed by atoms with Crippen LogP contribution in [0, 0.1) is 0 Å². The number of aromatic nitrogens is 2. The van der Waals surface area contributed by atoms with E-state index < -0.39 is 12.2 Å². The summed E-state index contributed by atoms with van der Waals surface area (Å²) in [6.45, 7) is 0. The molecule has 108 valence electrons. The maximum absolute atomic E-state index is 9.86. The summed E-state index contributed by atoms with van der Waals surface area (Å²) >= 11 is 15.5. The zero-order chi connectivity index (χ0) is 14.4. The molecule has 3 rings (SSSR count). The zero-order valence-corrected chi connectivity index (χ0v) is 13.5. The molecule has 3 atom stereocenters. The summed E-state index contributed by atoms with van der Waals surface area (Å²) in [6.07, 6.45) is 0.492. The molecule has 0 aliphatic heterocycles. The van der Waals surface area contributed by atoms with E-state index in [-0.39, 0.29) is 6.04 Å². The average molecular weight is 380 g/mol. The maximum atomic E-state index is 9.86. The summed E-state index contributed by atoms with van der Waals surface area (Å²) in [6, 6.07) is 3.59. The van der Waals surface area contributed by atoms with Crippen LogP contribution in [0.1, 0.15) is 25.3 Å². The quantitative estimate of drug-likeness (QED) is 0.796. The van der Waals surface area contributed by atoms with Gasteiger partial charge in [0.15, 0.2) is 4.73 Å². The summed E-state index contributed by atoms with van der Waals surface area (Å²) < 4.78 is 2.69. The van der Waals surface area contributed by atoms with E-state index in [0.29, 0.717) is 27.6 Å². The van der Waals surface area contributed by atoms with Crippen molar-refractivity contribution in [1.29, 1.82) is 0 Å². The molecule has 1 aliphatic carbocycles. The minimum Gasteiger partial charge on any atom is -0.390 e. The number of halogens is 3. The van der Waals surface area contributed by atoms with Gasteiger partial charge in [0.05, 0.1) is 33.3 Å². The van der Waals surface area contributed by atoms with Crippen molar-refractivity contribution in [3.05, 3.63) is 26.9 Å². The molecule has 0 saturated heterocycles. The normalized spacial score (nSPS) is 27.1. The number of hydrogen-bond donors (Lipinski definition) is 2. The topological polar surface area (TPSA) is 58.3 Å². The predicted molar refractivity (Wildman–Crippen MR) is 82.4 cm³/mol. The van der Waals surface area contributed by atoms with Gasteiger partial charge in [-0.25, -0.2) is 4.98 Å². The first kappa shape index (κ1) is 14.6. The molecule has 1 heterocycles. The first-order chi connectivity index (χ1) is 9.47. The van der Waals surface area contributed by atoms with Crippen molar-refractivity contribution < 1.29 is 10.2 Å². The lowest BCUT2D eigenvalue weighted by Crippen LogP contribution is -2.34. The van der Waals surface area contributed by atoms with Crippen LogP contribution in [0.15, 0.2) is 16.9 Å². The Balaban J connectivity index is 2.07. The highest BCUT2D eigenvalue weighted by atomic mass is 79.9. The monoisotopic (exact) mass is 378 g/mol. The van der Waals surface area contributed by atoms with Gasteiger partial charge in [-0.2, -0.15) is 0 Å². The molecule has 7 heteroatoms. The third kappa shape index (κ3) is 2.46. The van der Waals surface area contributed by atoms with Crippen LogP contribution in [0.4, 0.5) is 0 Å². The second-order valence-electron chi connectivity index (χ2n) is 5.11. The summed E-state index contributed by atoms with van der Waals surface area (Å²) in [4.78, 5) is 4.43. The van der Waals surface area contributed by atoms with Crippen LogP contribution in [-0.4, -0.2) is 32.0 Å². The van der Waals surface area contributed by atoms with Crippen LogP contribution >= 0.6 is 39.1 Å². The van der Waals surface area contributed by atoms with Crippen LogP contribution in [0.25, 0.3) is 11.0 Å². The fourth-order valence-electron chi connectivity index (χ4n) is 2.75. The molecule has 0 amide bonds. The number of rotatable bonds is 1. The lowest BCUT2D eigenvalue weighted by Gasteiger charge is -2.31. The SMILES string of the molecule is O[C@@H]1CC[C@@H](n2c(Br)nc3cc(Cl)c(Cl)cc32)C[C@@H]1O. The second kappa shape index (κ2) is 5.46. The molecule has 20 heavy (non-hydrogen) atoms. The smallest absolute Gasteiger partial charge is 0.178 e. The fourth-order valence-corrected chi connectivity index (χ4v) is 3.74. The van der Waals surface area contributed by atoms with Crippen molar-refractivity contribution in [2.45, 2.75) is 37.5 Å². The Morgan fingerprint density at radius 1 is 1.15 bits per heavy atom. The molecule has 1 aromatic heterocycles. The number of aliphatic hydroxyl groups excluding tert-OH is 2. The number of fused-ring (bicyclic) bond motifs is 1. The molecular formula is C13H13BrCl2N2O2. The van der Waals surface area contributed by atoms with E-state index in [0.717, 1.165) is 17.5 Å². The standard InChI is InChI=1S/C13H13BrCl2N2O2/c14-13-17-9-4-7(15)8(16)5-10(9)18(13)6-1-2-11(19)12(20)3-6/h4-6,11-12,19-20H,1-3H2/t6-,11-,12+/m1/s1. The Labute approximate surface area is 134 Å². The van der Waals surface area contributed by atoms with Crippen molar-refractivity contribution in [3.63, 3.8) is 0 Å². The number of benzene rings is 1. The van der Waals surface area contributed by atoms with Gasteiger partial charge in [0.2, 0.25) is 0 Å². The van der Waals surface area contributed by atoms with Gasteiger partial charge in [-0.1, -0.05) is 23.2 Å². The third-order valence-corrected chi connectivity index (χ3v) is 5.09. The van der Waals surface area contributed by atoms with Crippen LogP contribution in [-0.2, 0) is 0 Å². The molecule has 0 radical (unpaired) electrons. The lowest BCUT2D eigenvalue weighted by molar-refractivity contribution is -0.0227. The molecule has 1 aromatic carbocycles. The Hall–Kier alpha value is -0.330. The molecule has 0 spiro atoms. The largest absolute Gasteiger partial charge is 0.390 e. The third-order valence-electron chi connectivity index (χ3n) is 3.81. The Morgan fingerprint density at radius 2 is 1.85 bits per heavy atom. The highest BCUT2D eigenvalue weighted by molar-refractivity contribution is 9.10. The van der Waals surface area contributed by atoms with Gasteiger partial charge in [0.1, 0.15) is 0 Å². The number of imidazole rings is 1. The van der Waals surface area contributed by atoms with Crippen molar-refractivity contribution >= 4 is 50.2 Å². The zero-order valence-electron chi connectivity index (χ0n) is 10.4. The molecule has 2 N–H and O–H groups in total. The minimum atomic E-state index is -0.708. The van der Waals surface area contributed by atoms with E-state index in [1.54, 1.807) is 12.1 Å². The van der Waals surface area contributed by atoms with Crippen molar-refractivity contribution in [2.24, 2.45) is 0 Å². The second-order valence-corrected chi connectivity index (χ2v) is 6.63. The van der Waals surface area contributed by atoms with E-state index in [9.17, 15) is 10.2 Å². The summed E-state index contributed by atoms with van der Waals surface area (Å²) in [5.41, 5.74) is 1.63. The molecule has 1 aliphatic rings. The van der Waals surface area contributed by atoms with Crippen LogP contribution < -0.4 is 0 Å². The molecule has 4 nitrogen and oxygen atoms in total. The minimum absolute atomic E-state index is 0.0741. The molecule has 2 aromatic rings. The summed E-state index contributed by atoms with van der Waals surface area (Å²) in [5.74, 6) is 0. The molecule has 1 saturated carbocycles. The van der Waals surface area contributed by atoms with Gasteiger partial charge in [0.25, 0.3) is 0 Å². The Morgan fingerprint density at radius 3 is 2.55 bits per heavy atom. The summed E-state index contributed by atoms with van der Waals surface area (Å²) in [5, 5.41) is 20.4. The average Bonchev–Trinajstić information content (AvgIpc) is 2.69. The van der Waals surface area contributed by atoms with Crippen molar-refractivity contribution in [2.75, 3.05) is 0 Å². The van der Waals surface area contributed by atoms with Crippen molar-refractivity contribution in [3.8, 4) is 0 Å². The highest BCUT2D eigenvalue weighted by Gasteiger charge is 2.30. The van der Waals surface area contributed by atoms with Crippen LogP contribution in [0.3, 0.4) is 0 Å². The van der Waals surface area contributed by atoms with E-state index in [4.69, 9.17) is 23.2 Å². The first-order valence-corrected chi connectivity index (χ1v) is 7.91. The molecule has 1 fully saturated rings. The number of hydrogen-bond acceptors (Lipinski definition) is 3. The van der Waals surface area contributed by atoms with Crippen LogP contribution in [0.5, 0.6) is 0 Å². The van der Waals surface area contributed by atoms with Gasteiger partial charge >= 0.3 is 0 Å². The van der Waals surface area contributed by atoms with Gasteiger partial charge in [-0.05, 0) is 47.3 Å². The Kier molecular flexibility index (Phi) is 3.99. The lowest BCUT2D eigenvalue weighted by atomic mass is 9.90. The maximum Gasteiger partial charge on any atom is 0.178 e. The predicted octanol–water partition coefficient (Wildman–Crippen LogP) is 3.55. The van der Waals surface area contributed by atoms with E-state index in [1.807, 2.05) is 4.57 Å². The van der Waals surface area contributed by atoms with Gasteiger partial charge < -0.3 is 14.8 Å². The van der Waals surface area contributed by atoms with E-state index in [1.165, 1.54) is 0 Å². The Bertz CT molecular complexity index is 661. The number of nitrogens with zero attached hydrogens (tertiary/aromatic N) is 2. The van der Waals surface area contributed by atoms with Crippen molar-refractivity contribution in [1.82, 2.24) is 9.55 Å². The van der Waals surface area contributed by atoms with E-state index in [2.05, 4.69) is 20.9 Å². The number of aliphatic hydroxyl groups is 2. The molecular weight excluding hydrogens is 367 g/mol. The molecule has 0 bridgehead atoms. The van der Waals surface area contributed by atoms with Crippen LogP contribution in [0.2, 0.25) is 10.0 Å². The highest BCUT2D eigenvalue weighted by Crippen LogP contribution is 2.36. The fraction of sp³-hybridized carbons (Fsp3) is 0.462. The van der Waals surface area contributed by atoms with Gasteiger partial charge in [-0.3, -0.25) is 0 Å². The van der Waals surface area contributed by atoms with Gasteiger partial charge in [0, 0.05) is 6.04 Å². The first-order valence-electron chi connectivity index (χ1n) is 6.36. The molecule has 0 unspecified atom stereocenters. The van der Waals surface area contributed by atoms with E-state index >= 15 is 0 Å². The summed E-state index contributed by atoms with van der Waals surface area (Å²) in [7, 11) is 0.